The number of hydrogen-bond donors (Lipinski definition) is 1. The summed E-state index contributed by atoms with van der Waals surface area (Å²) in [4.78, 5) is 30.7. The van der Waals surface area contributed by atoms with Crippen LogP contribution < -0.4 is 5.56 Å². The highest BCUT2D eigenvalue weighted by Crippen LogP contribution is 2.16. The van der Waals surface area contributed by atoms with Crippen LogP contribution in [0.25, 0.3) is 11.3 Å². The fourth-order valence-electron chi connectivity index (χ4n) is 1.54. The molecule has 0 bridgehead atoms. The third kappa shape index (κ3) is 2.45. The van der Waals surface area contributed by atoms with Gasteiger partial charge in [0, 0.05) is 31.4 Å². The van der Waals surface area contributed by atoms with Gasteiger partial charge in [0.25, 0.3) is 11.5 Å². The minimum Gasteiger partial charge on any atom is -0.345 e. The predicted octanol–water partition coefficient (Wildman–Crippen LogP) is 1.14. The monoisotopic (exact) mass is 243 g/mol. The maximum atomic E-state index is 11.7. The third-order valence-corrected chi connectivity index (χ3v) is 2.51. The molecule has 92 valence electrons. The van der Waals surface area contributed by atoms with Crippen molar-refractivity contribution in [3.05, 3.63) is 52.6 Å². The van der Waals surface area contributed by atoms with Gasteiger partial charge in [-0.3, -0.25) is 9.59 Å². The van der Waals surface area contributed by atoms with Crippen molar-refractivity contribution in [2.75, 3.05) is 14.1 Å². The molecule has 1 heterocycles. The summed E-state index contributed by atoms with van der Waals surface area (Å²) in [5.41, 5.74) is 1.89. The lowest BCUT2D eigenvalue weighted by atomic mass is 10.1. The Bertz CT molecular complexity index is 594. The zero-order valence-corrected chi connectivity index (χ0v) is 10.2. The lowest BCUT2D eigenvalue weighted by molar-refractivity contribution is 0.0827. The van der Waals surface area contributed by atoms with Crippen molar-refractivity contribution in [3.8, 4) is 11.3 Å². The van der Waals surface area contributed by atoms with E-state index in [1.807, 2.05) is 0 Å². The highest BCUT2D eigenvalue weighted by molar-refractivity contribution is 5.94. The van der Waals surface area contributed by atoms with Gasteiger partial charge in [-0.15, -0.1) is 0 Å². The van der Waals surface area contributed by atoms with E-state index < -0.39 is 0 Å². The number of amides is 1. The first-order valence-electron chi connectivity index (χ1n) is 5.45. The van der Waals surface area contributed by atoms with Crippen molar-refractivity contribution in [1.82, 2.24) is 14.9 Å². The van der Waals surface area contributed by atoms with E-state index in [9.17, 15) is 9.59 Å². The summed E-state index contributed by atoms with van der Waals surface area (Å²) in [7, 11) is 3.42. The maximum absolute atomic E-state index is 11.7. The average Bonchev–Trinajstić information content (AvgIpc) is 2.39. The largest absolute Gasteiger partial charge is 0.345 e. The fraction of sp³-hybridized carbons (Fsp3) is 0.154. The first-order chi connectivity index (χ1) is 8.58. The van der Waals surface area contributed by atoms with E-state index in [1.54, 1.807) is 44.6 Å². The van der Waals surface area contributed by atoms with Gasteiger partial charge in [0.1, 0.15) is 0 Å². The number of hydrogen-bond acceptors (Lipinski definition) is 3. The van der Waals surface area contributed by atoms with Crippen LogP contribution in [0.2, 0.25) is 0 Å². The summed E-state index contributed by atoms with van der Waals surface area (Å²) in [6.45, 7) is 0. The van der Waals surface area contributed by atoms with E-state index >= 15 is 0 Å². The second-order valence-corrected chi connectivity index (χ2v) is 4.07. The molecule has 0 saturated carbocycles. The molecule has 0 aliphatic carbocycles. The summed E-state index contributed by atoms with van der Waals surface area (Å²) in [5.74, 6) is -0.0454. The quantitative estimate of drug-likeness (QED) is 0.860. The first-order valence-corrected chi connectivity index (χ1v) is 5.45. The number of benzene rings is 1. The summed E-state index contributed by atoms with van der Waals surface area (Å²) in [5, 5.41) is 0. The number of carbonyl (C=O) groups is 1. The number of nitrogens with zero attached hydrogens (tertiary/aromatic N) is 2. The SMILES string of the molecule is CN(C)C(=O)c1ccc(-c2c[nH]c(=O)cn2)cc1. The third-order valence-electron chi connectivity index (χ3n) is 2.51. The van der Waals surface area contributed by atoms with Crippen LogP contribution in [-0.2, 0) is 0 Å². The smallest absolute Gasteiger partial charge is 0.266 e. The van der Waals surface area contributed by atoms with Gasteiger partial charge >= 0.3 is 0 Å². The fourth-order valence-corrected chi connectivity index (χ4v) is 1.54. The van der Waals surface area contributed by atoms with Gasteiger partial charge in [0.2, 0.25) is 0 Å². The molecule has 2 rings (SSSR count). The Labute approximate surface area is 104 Å². The zero-order chi connectivity index (χ0) is 13.1. The molecular weight excluding hydrogens is 230 g/mol. The minimum atomic E-state index is -0.238. The van der Waals surface area contributed by atoms with Crippen LogP contribution in [0.1, 0.15) is 10.4 Å². The molecule has 1 aromatic heterocycles. The van der Waals surface area contributed by atoms with Crippen LogP contribution in [0.15, 0.2) is 41.5 Å². The Morgan fingerprint density at radius 2 is 1.89 bits per heavy atom. The number of carbonyl (C=O) groups excluding carboxylic acids is 1. The van der Waals surface area contributed by atoms with E-state index in [4.69, 9.17) is 0 Å². The van der Waals surface area contributed by atoms with Crippen molar-refractivity contribution in [1.29, 1.82) is 0 Å². The summed E-state index contributed by atoms with van der Waals surface area (Å²) in [6, 6.07) is 7.09. The molecular formula is C13H13N3O2. The Kier molecular flexibility index (Phi) is 3.23. The summed E-state index contributed by atoms with van der Waals surface area (Å²) >= 11 is 0. The Hall–Kier alpha value is -2.43. The van der Waals surface area contributed by atoms with Crippen LogP contribution in [0, 0.1) is 0 Å². The molecule has 1 aromatic carbocycles. The standard InChI is InChI=1S/C13H13N3O2/c1-16(2)13(18)10-5-3-9(4-6-10)11-7-15-12(17)8-14-11/h3-8H,1-2H3,(H,15,17). The van der Waals surface area contributed by atoms with Gasteiger partial charge in [0.05, 0.1) is 11.9 Å². The van der Waals surface area contributed by atoms with Gasteiger partial charge in [-0.1, -0.05) is 12.1 Å². The highest BCUT2D eigenvalue weighted by atomic mass is 16.2. The number of nitrogens with one attached hydrogen (secondary N) is 1. The molecule has 0 radical (unpaired) electrons. The van der Waals surface area contributed by atoms with E-state index in [1.165, 1.54) is 11.1 Å². The molecule has 0 aliphatic rings. The normalized spacial score (nSPS) is 10.1. The van der Waals surface area contributed by atoms with E-state index in [2.05, 4.69) is 9.97 Å². The van der Waals surface area contributed by atoms with Gasteiger partial charge in [-0.25, -0.2) is 4.98 Å². The van der Waals surface area contributed by atoms with Gasteiger partial charge in [-0.05, 0) is 12.1 Å². The average molecular weight is 243 g/mol. The van der Waals surface area contributed by atoms with Gasteiger partial charge in [0.15, 0.2) is 0 Å². The van der Waals surface area contributed by atoms with Crippen molar-refractivity contribution in [2.45, 2.75) is 0 Å². The summed E-state index contributed by atoms with van der Waals surface area (Å²) < 4.78 is 0. The Balaban J connectivity index is 2.30. The van der Waals surface area contributed by atoms with E-state index in [-0.39, 0.29) is 11.5 Å². The molecule has 0 saturated heterocycles. The number of rotatable bonds is 2. The molecule has 0 fully saturated rings. The second kappa shape index (κ2) is 4.83. The molecule has 1 N–H and O–H groups in total. The molecule has 0 unspecified atom stereocenters. The zero-order valence-electron chi connectivity index (χ0n) is 10.2. The molecule has 2 aromatic rings. The lowest BCUT2D eigenvalue weighted by Gasteiger charge is -2.10. The Morgan fingerprint density at radius 1 is 1.22 bits per heavy atom. The van der Waals surface area contributed by atoms with E-state index in [0.717, 1.165) is 5.56 Å². The van der Waals surface area contributed by atoms with Crippen LogP contribution in [0.3, 0.4) is 0 Å². The van der Waals surface area contributed by atoms with Crippen molar-refractivity contribution < 1.29 is 4.79 Å². The summed E-state index contributed by atoms with van der Waals surface area (Å²) in [6.07, 6.45) is 2.78. The van der Waals surface area contributed by atoms with Crippen molar-refractivity contribution in [3.63, 3.8) is 0 Å². The molecule has 1 amide bonds. The van der Waals surface area contributed by atoms with Crippen LogP contribution in [-0.4, -0.2) is 34.9 Å². The second-order valence-electron chi connectivity index (χ2n) is 4.07. The predicted molar refractivity (Wildman–Crippen MR) is 68.3 cm³/mol. The van der Waals surface area contributed by atoms with E-state index in [0.29, 0.717) is 11.3 Å². The maximum Gasteiger partial charge on any atom is 0.266 e. The Morgan fingerprint density at radius 3 is 2.39 bits per heavy atom. The molecule has 0 spiro atoms. The molecule has 5 heteroatoms. The number of aromatic nitrogens is 2. The highest BCUT2D eigenvalue weighted by Gasteiger charge is 2.07. The van der Waals surface area contributed by atoms with Crippen molar-refractivity contribution in [2.24, 2.45) is 0 Å². The number of aromatic amines is 1. The van der Waals surface area contributed by atoms with Gasteiger partial charge < -0.3 is 9.88 Å². The van der Waals surface area contributed by atoms with Crippen LogP contribution >= 0.6 is 0 Å². The first kappa shape index (κ1) is 12.0. The minimum absolute atomic E-state index is 0.0454. The molecule has 5 nitrogen and oxygen atoms in total. The topological polar surface area (TPSA) is 66.1 Å². The lowest BCUT2D eigenvalue weighted by Crippen LogP contribution is -2.21. The molecule has 18 heavy (non-hydrogen) atoms. The van der Waals surface area contributed by atoms with Crippen LogP contribution in [0.5, 0.6) is 0 Å². The van der Waals surface area contributed by atoms with Crippen LogP contribution in [0.4, 0.5) is 0 Å². The number of H-pyrrole nitrogens is 1. The van der Waals surface area contributed by atoms with Crippen molar-refractivity contribution >= 4 is 5.91 Å². The molecule has 0 atom stereocenters. The molecule has 0 aliphatic heterocycles. The van der Waals surface area contributed by atoms with Gasteiger partial charge in [-0.2, -0.15) is 0 Å².